The molecule has 0 fully saturated rings. The van der Waals surface area contributed by atoms with Crippen LogP contribution in [0, 0.1) is 13.8 Å². The fourth-order valence-electron chi connectivity index (χ4n) is 4.99. The van der Waals surface area contributed by atoms with Crippen LogP contribution >= 0.6 is 0 Å². The zero-order valence-electron chi connectivity index (χ0n) is 19.9. The molecular formula is C31H22N4O. The van der Waals surface area contributed by atoms with E-state index in [0.29, 0.717) is 5.71 Å². The number of benzene rings is 3. The van der Waals surface area contributed by atoms with E-state index >= 15 is 0 Å². The molecule has 5 heteroatoms. The number of pyridine rings is 2. The maximum atomic E-state index is 6.35. The molecule has 4 heterocycles. The number of rotatable bonds is 3. The highest BCUT2D eigenvalue weighted by atomic mass is 16.3. The van der Waals surface area contributed by atoms with Crippen molar-refractivity contribution in [3.63, 3.8) is 0 Å². The number of hydrogen-bond donors (Lipinski definition) is 0. The number of aryl methyl sites for hydroxylation is 2. The summed E-state index contributed by atoms with van der Waals surface area (Å²) in [7, 11) is 0. The maximum Gasteiger partial charge on any atom is 0.227 e. The van der Waals surface area contributed by atoms with Gasteiger partial charge >= 0.3 is 0 Å². The van der Waals surface area contributed by atoms with E-state index in [4.69, 9.17) is 14.4 Å². The lowest BCUT2D eigenvalue weighted by Gasteiger charge is -2.11. The Labute approximate surface area is 207 Å². The van der Waals surface area contributed by atoms with Gasteiger partial charge in [-0.3, -0.25) is 9.55 Å². The fraction of sp³-hybridized carbons (Fsp3) is 0.0645. The van der Waals surface area contributed by atoms with E-state index in [1.54, 1.807) is 0 Å². The molecule has 5 nitrogen and oxygen atoms in total. The summed E-state index contributed by atoms with van der Waals surface area (Å²) >= 11 is 0. The molecule has 0 aliphatic heterocycles. The zero-order valence-corrected chi connectivity index (χ0v) is 19.9. The van der Waals surface area contributed by atoms with Crippen molar-refractivity contribution in [2.75, 3.05) is 0 Å². The first-order valence-corrected chi connectivity index (χ1v) is 12.0. The number of para-hydroxylation sites is 2. The highest BCUT2D eigenvalue weighted by Gasteiger charge is 2.22. The van der Waals surface area contributed by atoms with E-state index in [-0.39, 0.29) is 0 Å². The molecule has 0 spiro atoms. The molecule has 172 valence electrons. The first-order valence-electron chi connectivity index (χ1n) is 12.0. The Kier molecular flexibility index (Phi) is 4.51. The molecule has 0 bridgehead atoms. The van der Waals surface area contributed by atoms with Gasteiger partial charge in [-0.05, 0) is 50.2 Å². The highest BCUT2D eigenvalue weighted by molar-refractivity contribution is 6.08. The third-order valence-corrected chi connectivity index (χ3v) is 6.64. The SMILES string of the molecule is Cc1ccc2c(n1)oc1c(-c3nc4cc(-c5ccccc5)nc(C)c4n3-c3ccccc3)cccc12. The molecule has 0 saturated heterocycles. The van der Waals surface area contributed by atoms with Crippen molar-refractivity contribution in [2.24, 2.45) is 0 Å². The van der Waals surface area contributed by atoms with Crippen molar-refractivity contribution >= 4 is 33.1 Å². The van der Waals surface area contributed by atoms with E-state index in [9.17, 15) is 0 Å². The topological polar surface area (TPSA) is 56.7 Å². The second-order valence-electron chi connectivity index (χ2n) is 9.02. The predicted molar refractivity (Wildman–Crippen MR) is 144 cm³/mol. The second-order valence-corrected chi connectivity index (χ2v) is 9.02. The molecule has 0 unspecified atom stereocenters. The number of fused-ring (bicyclic) bond motifs is 4. The Balaban J connectivity index is 1.57. The molecule has 0 saturated carbocycles. The van der Waals surface area contributed by atoms with Crippen molar-refractivity contribution in [2.45, 2.75) is 13.8 Å². The van der Waals surface area contributed by atoms with Gasteiger partial charge in [-0.15, -0.1) is 0 Å². The summed E-state index contributed by atoms with van der Waals surface area (Å²) in [6.45, 7) is 4.02. The van der Waals surface area contributed by atoms with Crippen molar-refractivity contribution in [3.8, 4) is 28.3 Å². The van der Waals surface area contributed by atoms with Crippen LogP contribution < -0.4 is 0 Å². The third kappa shape index (κ3) is 3.13. The van der Waals surface area contributed by atoms with Gasteiger partial charge in [0.1, 0.15) is 11.4 Å². The van der Waals surface area contributed by atoms with Gasteiger partial charge in [-0.1, -0.05) is 60.7 Å². The number of nitrogens with zero attached hydrogens (tertiary/aromatic N) is 4. The van der Waals surface area contributed by atoms with Crippen LogP contribution in [0.15, 0.2) is 101 Å². The van der Waals surface area contributed by atoms with Crippen molar-refractivity contribution < 1.29 is 4.42 Å². The van der Waals surface area contributed by atoms with Crippen LogP contribution in [0.5, 0.6) is 0 Å². The average Bonchev–Trinajstić information content (AvgIpc) is 3.48. The normalized spacial score (nSPS) is 11.6. The first-order chi connectivity index (χ1) is 17.7. The van der Waals surface area contributed by atoms with Crippen LogP contribution in [-0.4, -0.2) is 19.5 Å². The van der Waals surface area contributed by atoms with Crippen LogP contribution in [0.25, 0.3) is 61.4 Å². The number of furan rings is 1. The Morgan fingerprint density at radius 1 is 0.694 bits per heavy atom. The Hall–Kier alpha value is -4.77. The van der Waals surface area contributed by atoms with Gasteiger partial charge in [0, 0.05) is 27.7 Å². The molecule has 0 amide bonds. The van der Waals surface area contributed by atoms with Gasteiger partial charge < -0.3 is 4.42 Å². The highest BCUT2D eigenvalue weighted by Crippen LogP contribution is 2.38. The molecule has 0 N–H and O–H groups in total. The van der Waals surface area contributed by atoms with E-state index in [2.05, 4.69) is 64.1 Å². The summed E-state index contributed by atoms with van der Waals surface area (Å²) in [5.41, 5.74) is 9.07. The molecule has 3 aromatic carbocycles. The zero-order chi connectivity index (χ0) is 24.2. The molecule has 0 aliphatic carbocycles. The summed E-state index contributed by atoms with van der Waals surface area (Å²) in [5, 5.41) is 2.03. The van der Waals surface area contributed by atoms with Gasteiger partial charge in [0.15, 0.2) is 0 Å². The predicted octanol–water partition coefficient (Wildman–Crippen LogP) is 7.67. The van der Waals surface area contributed by atoms with Gasteiger partial charge in [0.25, 0.3) is 0 Å². The van der Waals surface area contributed by atoms with Crippen LogP contribution in [-0.2, 0) is 0 Å². The van der Waals surface area contributed by atoms with Crippen LogP contribution in [0.4, 0.5) is 0 Å². The third-order valence-electron chi connectivity index (χ3n) is 6.64. The molecule has 0 atom stereocenters. The van der Waals surface area contributed by atoms with E-state index in [0.717, 1.165) is 67.1 Å². The molecule has 0 radical (unpaired) electrons. The van der Waals surface area contributed by atoms with E-state index < -0.39 is 0 Å². The lowest BCUT2D eigenvalue weighted by atomic mass is 10.1. The monoisotopic (exact) mass is 466 g/mol. The largest absolute Gasteiger partial charge is 0.437 e. The van der Waals surface area contributed by atoms with Crippen molar-refractivity contribution in [3.05, 3.63) is 108 Å². The quantitative estimate of drug-likeness (QED) is 0.268. The van der Waals surface area contributed by atoms with E-state index in [1.165, 1.54) is 0 Å². The Morgan fingerprint density at radius 2 is 1.47 bits per heavy atom. The van der Waals surface area contributed by atoms with Crippen molar-refractivity contribution in [1.82, 2.24) is 19.5 Å². The number of hydrogen-bond acceptors (Lipinski definition) is 4. The summed E-state index contributed by atoms with van der Waals surface area (Å²) in [6.07, 6.45) is 0. The molecule has 36 heavy (non-hydrogen) atoms. The lowest BCUT2D eigenvalue weighted by molar-refractivity contribution is 0.653. The fourth-order valence-corrected chi connectivity index (χ4v) is 4.99. The minimum Gasteiger partial charge on any atom is -0.437 e. The summed E-state index contributed by atoms with van der Waals surface area (Å²) in [6, 6.07) is 32.9. The van der Waals surface area contributed by atoms with Gasteiger partial charge in [0.05, 0.1) is 28.0 Å². The van der Waals surface area contributed by atoms with E-state index in [1.807, 2.05) is 56.3 Å². The van der Waals surface area contributed by atoms with Gasteiger partial charge in [0.2, 0.25) is 5.71 Å². The summed E-state index contributed by atoms with van der Waals surface area (Å²) < 4.78 is 8.54. The molecular weight excluding hydrogens is 444 g/mol. The summed E-state index contributed by atoms with van der Waals surface area (Å²) in [4.78, 5) is 14.8. The smallest absolute Gasteiger partial charge is 0.227 e. The first kappa shape index (κ1) is 20.6. The minimum absolute atomic E-state index is 0.643. The van der Waals surface area contributed by atoms with Crippen LogP contribution in [0.2, 0.25) is 0 Å². The standard InChI is InChI=1S/C31H22N4O/c1-19-16-17-24-23-14-9-15-25(29(23)36-31(24)32-19)30-34-27-18-26(21-10-5-3-6-11-21)33-20(2)28(27)35(30)22-12-7-4-8-13-22/h3-18H,1-2H3. The maximum absolute atomic E-state index is 6.35. The van der Waals surface area contributed by atoms with Crippen LogP contribution in [0.1, 0.15) is 11.4 Å². The molecule has 7 aromatic rings. The minimum atomic E-state index is 0.643. The second kappa shape index (κ2) is 7.89. The Morgan fingerprint density at radius 3 is 2.28 bits per heavy atom. The Bertz CT molecular complexity index is 1900. The number of imidazole rings is 1. The summed E-state index contributed by atoms with van der Waals surface area (Å²) in [5.74, 6) is 0.813. The molecule has 7 rings (SSSR count). The van der Waals surface area contributed by atoms with Gasteiger partial charge in [-0.2, -0.15) is 0 Å². The average molecular weight is 467 g/mol. The molecule has 0 aliphatic rings. The molecule has 4 aromatic heterocycles. The number of aromatic nitrogens is 4. The van der Waals surface area contributed by atoms with Crippen molar-refractivity contribution in [1.29, 1.82) is 0 Å². The van der Waals surface area contributed by atoms with Crippen LogP contribution in [0.3, 0.4) is 0 Å². The lowest BCUT2D eigenvalue weighted by Crippen LogP contribution is -2.00. The van der Waals surface area contributed by atoms with Gasteiger partial charge in [-0.25, -0.2) is 9.97 Å².